The van der Waals surface area contributed by atoms with Crippen LogP contribution in [0.15, 0.2) is 72.3 Å². The van der Waals surface area contributed by atoms with Crippen LogP contribution in [-0.4, -0.2) is 9.78 Å². The molecule has 2 aliphatic carbocycles. The molecule has 1 fully saturated rings. The summed E-state index contributed by atoms with van der Waals surface area (Å²) in [5.41, 5.74) is 11.7. The number of aromatic nitrogens is 2. The fraction of sp³-hybridized carbons (Fsp3) is 0.525. The van der Waals surface area contributed by atoms with Crippen molar-refractivity contribution >= 4 is 28.2 Å². The first-order valence-corrected chi connectivity index (χ1v) is 17.8. The molecule has 0 aliphatic heterocycles. The van der Waals surface area contributed by atoms with Crippen molar-refractivity contribution < 1.29 is 0 Å². The molecular formula is C40H53IN2. The number of rotatable bonds is 10. The highest BCUT2D eigenvalue weighted by Crippen LogP contribution is 2.63. The standard InChI is InChI=1S/C40H53IN2/c1-10-12-36-38(6,7)35(32-15-17-33(18-16-32)37(41)40(9)25-28(40)3)20-22-39(36,8)21-19-27(2)34-14-11-13-31(24-34)26-43-30(5)23-29(4)42-43/h11-18,20,23-24,27-28,37H,10,19,21-22,25-26H2,1-9H3/b36-12-/t27-,28+,37+,39-,40-/m0/s1. The Hall–Kier alpha value is -2.14. The molecule has 1 heterocycles. The van der Waals surface area contributed by atoms with E-state index in [1.54, 1.807) is 5.57 Å². The molecule has 5 atom stereocenters. The summed E-state index contributed by atoms with van der Waals surface area (Å²) in [6, 6.07) is 21.0. The van der Waals surface area contributed by atoms with E-state index in [4.69, 9.17) is 0 Å². The van der Waals surface area contributed by atoms with Gasteiger partial charge in [-0.05, 0) is 103 Å². The van der Waals surface area contributed by atoms with E-state index < -0.39 is 0 Å². The monoisotopic (exact) mass is 688 g/mol. The topological polar surface area (TPSA) is 17.8 Å². The van der Waals surface area contributed by atoms with E-state index >= 15 is 0 Å². The smallest absolute Gasteiger partial charge is 0.0662 e. The van der Waals surface area contributed by atoms with E-state index in [0.29, 0.717) is 15.3 Å². The zero-order valence-electron chi connectivity index (χ0n) is 28.1. The molecule has 230 valence electrons. The summed E-state index contributed by atoms with van der Waals surface area (Å²) in [6.45, 7) is 22.1. The van der Waals surface area contributed by atoms with Gasteiger partial charge in [0.15, 0.2) is 0 Å². The minimum Gasteiger partial charge on any atom is -0.265 e. The third-order valence-electron chi connectivity index (χ3n) is 11.1. The van der Waals surface area contributed by atoms with Crippen molar-refractivity contribution in [1.82, 2.24) is 9.78 Å². The van der Waals surface area contributed by atoms with Gasteiger partial charge in [0.25, 0.3) is 0 Å². The zero-order valence-corrected chi connectivity index (χ0v) is 30.3. The molecular weight excluding hydrogens is 635 g/mol. The Labute approximate surface area is 275 Å². The minimum atomic E-state index is 0.00808. The van der Waals surface area contributed by atoms with Crippen molar-refractivity contribution in [3.63, 3.8) is 0 Å². The van der Waals surface area contributed by atoms with Gasteiger partial charge < -0.3 is 0 Å². The Morgan fingerprint density at radius 3 is 2.33 bits per heavy atom. The third kappa shape index (κ3) is 6.49. The highest BCUT2D eigenvalue weighted by atomic mass is 127. The van der Waals surface area contributed by atoms with Crippen LogP contribution in [0.5, 0.6) is 0 Å². The Morgan fingerprint density at radius 2 is 1.72 bits per heavy atom. The van der Waals surface area contributed by atoms with Gasteiger partial charge in [-0.1, -0.05) is 137 Å². The first-order valence-electron chi connectivity index (χ1n) is 16.5. The molecule has 1 aromatic heterocycles. The maximum atomic E-state index is 4.69. The van der Waals surface area contributed by atoms with Crippen LogP contribution >= 0.6 is 22.6 Å². The predicted molar refractivity (Wildman–Crippen MR) is 193 cm³/mol. The first kappa shape index (κ1) is 32.3. The average Bonchev–Trinajstić information content (AvgIpc) is 3.47. The molecule has 43 heavy (non-hydrogen) atoms. The number of nitrogens with zero attached hydrogens (tertiary/aromatic N) is 2. The molecule has 3 aromatic rings. The Balaban J connectivity index is 1.32. The molecule has 1 saturated carbocycles. The predicted octanol–water partition coefficient (Wildman–Crippen LogP) is 11.8. The van der Waals surface area contributed by atoms with Crippen LogP contribution < -0.4 is 0 Å². The quantitative estimate of drug-likeness (QED) is 0.118. The van der Waals surface area contributed by atoms with Gasteiger partial charge in [0.05, 0.1) is 12.2 Å². The van der Waals surface area contributed by atoms with Crippen LogP contribution in [-0.2, 0) is 6.54 Å². The molecule has 2 aromatic carbocycles. The van der Waals surface area contributed by atoms with E-state index in [1.807, 2.05) is 0 Å². The van der Waals surface area contributed by atoms with E-state index in [1.165, 1.54) is 52.8 Å². The third-order valence-corrected chi connectivity index (χ3v) is 13.2. The summed E-state index contributed by atoms with van der Waals surface area (Å²) >= 11 is 2.68. The molecule has 5 rings (SSSR count). The lowest BCUT2D eigenvalue weighted by molar-refractivity contribution is 0.285. The van der Waals surface area contributed by atoms with Crippen LogP contribution in [0.2, 0.25) is 0 Å². The molecule has 0 spiro atoms. The van der Waals surface area contributed by atoms with Crippen LogP contribution in [0.4, 0.5) is 0 Å². The fourth-order valence-electron chi connectivity index (χ4n) is 7.89. The van der Waals surface area contributed by atoms with E-state index in [2.05, 4.69) is 161 Å². The van der Waals surface area contributed by atoms with E-state index in [0.717, 1.165) is 31.0 Å². The maximum absolute atomic E-state index is 4.69. The number of hydrogen-bond acceptors (Lipinski definition) is 1. The highest BCUT2D eigenvalue weighted by molar-refractivity contribution is 14.1. The summed E-state index contributed by atoms with van der Waals surface area (Å²) in [5.74, 6) is 1.34. The molecule has 3 heteroatoms. The number of hydrogen-bond donors (Lipinski definition) is 0. The van der Waals surface area contributed by atoms with Gasteiger partial charge in [0, 0.05) is 15.0 Å². The lowest BCUT2D eigenvalue weighted by atomic mass is 9.57. The van der Waals surface area contributed by atoms with Crippen molar-refractivity contribution in [3.05, 3.63) is 106 Å². The van der Waals surface area contributed by atoms with Gasteiger partial charge in [0.1, 0.15) is 0 Å². The van der Waals surface area contributed by atoms with Gasteiger partial charge in [-0.2, -0.15) is 5.10 Å². The van der Waals surface area contributed by atoms with Crippen LogP contribution in [0, 0.1) is 36.0 Å². The average molecular weight is 689 g/mol. The fourth-order valence-corrected chi connectivity index (χ4v) is 9.17. The molecule has 2 nitrogen and oxygen atoms in total. The summed E-state index contributed by atoms with van der Waals surface area (Å²) in [4.78, 5) is 0. The Bertz CT molecular complexity index is 1510. The van der Waals surface area contributed by atoms with Gasteiger partial charge in [-0.15, -0.1) is 0 Å². The number of aryl methyl sites for hydroxylation is 2. The molecule has 0 bridgehead atoms. The van der Waals surface area contributed by atoms with Crippen molar-refractivity contribution in [2.24, 2.45) is 22.2 Å². The SMILES string of the molecule is CC/C=C1/C(C)(C)C(c2ccc([C@@H](I)[C@@]3(C)C[C@H]3C)cc2)=CC[C@]1(C)CC[C@H](C)c1cccc(Cn2nc(C)cc2C)c1. The normalized spacial score (nSPS) is 27.2. The molecule has 0 amide bonds. The summed E-state index contributed by atoms with van der Waals surface area (Å²) in [7, 11) is 0. The summed E-state index contributed by atoms with van der Waals surface area (Å²) in [6.07, 6.45) is 11.0. The Morgan fingerprint density at radius 1 is 1.02 bits per heavy atom. The second kappa shape index (κ2) is 12.3. The zero-order chi connectivity index (χ0) is 31.2. The lowest BCUT2D eigenvalue weighted by Crippen LogP contribution is -2.34. The van der Waals surface area contributed by atoms with Gasteiger partial charge in [0.2, 0.25) is 0 Å². The molecule has 0 N–H and O–H groups in total. The lowest BCUT2D eigenvalue weighted by Gasteiger charge is -2.47. The minimum absolute atomic E-state index is 0.00808. The van der Waals surface area contributed by atoms with Gasteiger partial charge in [-0.3, -0.25) is 4.68 Å². The first-order chi connectivity index (χ1) is 20.3. The molecule has 0 saturated heterocycles. The Kier molecular flexibility index (Phi) is 9.25. The van der Waals surface area contributed by atoms with Crippen LogP contribution in [0.1, 0.15) is 124 Å². The molecule has 0 unspecified atom stereocenters. The number of alkyl halides is 1. The number of halogens is 1. The summed E-state index contributed by atoms with van der Waals surface area (Å²) < 4.78 is 2.71. The van der Waals surface area contributed by atoms with Crippen molar-refractivity contribution in [2.75, 3.05) is 0 Å². The summed E-state index contributed by atoms with van der Waals surface area (Å²) in [5, 5.41) is 4.69. The second-order valence-corrected chi connectivity index (χ2v) is 16.1. The largest absolute Gasteiger partial charge is 0.265 e. The van der Waals surface area contributed by atoms with Crippen molar-refractivity contribution in [2.45, 2.75) is 111 Å². The maximum Gasteiger partial charge on any atom is 0.0662 e. The van der Waals surface area contributed by atoms with Crippen LogP contribution in [0.3, 0.4) is 0 Å². The van der Waals surface area contributed by atoms with E-state index in [9.17, 15) is 0 Å². The second-order valence-electron chi connectivity index (χ2n) is 14.9. The van der Waals surface area contributed by atoms with Gasteiger partial charge in [-0.25, -0.2) is 0 Å². The number of benzene rings is 2. The van der Waals surface area contributed by atoms with E-state index in [-0.39, 0.29) is 10.8 Å². The highest BCUT2D eigenvalue weighted by Gasteiger charge is 2.51. The van der Waals surface area contributed by atoms with Gasteiger partial charge >= 0.3 is 0 Å². The number of allylic oxidation sites excluding steroid dienone is 4. The van der Waals surface area contributed by atoms with Crippen molar-refractivity contribution in [1.29, 1.82) is 0 Å². The molecule has 0 radical (unpaired) electrons. The van der Waals surface area contributed by atoms with Crippen molar-refractivity contribution in [3.8, 4) is 0 Å². The van der Waals surface area contributed by atoms with Crippen LogP contribution in [0.25, 0.3) is 5.57 Å². The molecule has 2 aliphatic rings.